The Morgan fingerprint density at radius 1 is 1.00 bits per heavy atom. The minimum atomic E-state index is -0.631. The third-order valence-corrected chi connectivity index (χ3v) is 4.33. The smallest absolute Gasteiger partial charge is 0.306 e. The molecule has 152 valence electrons. The summed E-state index contributed by atoms with van der Waals surface area (Å²) in [5.41, 5.74) is 0.934. The van der Waals surface area contributed by atoms with Crippen molar-refractivity contribution in [1.82, 2.24) is 0 Å². The number of halogens is 1. The Morgan fingerprint density at radius 3 is 2.59 bits per heavy atom. The lowest BCUT2D eigenvalue weighted by Crippen LogP contribution is -2.21. The number of carbonyl (C=O) groups excluding carboxylic acids is 3. The van der Waals surface area contributed by atoms with Gasteiger partial charge in [0.05, 0.1) is 19.6 Å². The molecule has 0 aromatic heterocycles. The van der Waals surface area contributed by atoms with Crippen LogP contribution in [0.1, 0.15) is 29.6 Å². The molecule has 1 heterocycles. The van der Waals surface area contributed by atoms with Crippen LogP contribution < -0.4 is 14.8 Å². The normalized spacial score (nSPS) is 12.6. The highest BCUT2D eigenvalue weighted by Gasteiger charge is 2.16. The Kier molecular flexibility index (Phi) is 7.08. The van der Waals surface area contributed by atoms with Gasteiger partial charge in [-0.3, -0.25) is 14.4 Å². The molecule has 29 heavy (non-hydrogen) atoms. The van der Waals surface area contributed by atoms with Crippen LogP contribution in [0.5, 0.6) is 11.5 Å². The third-order valence-electron chi connectivity index (χ3n) is 4.10. The van der Waals surface area contributed by atoms with Crippen molar-refractivity contribution in [3.63, 3.8) is 0 Å². The van der Waals surface area contributed by atoms with Crippen LogP contribution in [-0.2, 0) is 14.3 Å². The van der Waals surface area contributed by atoms with Crippen molar-refractivity contribution in [2.24, 2.45) is 0 Å². The fourth-order valence-corrected chi connectivity index (χ4v) is 2.87. The molecule has 2 aromatic rings. The summed E-state index contributed by atoms with van der Waals surface area (Å²) in [5, 5.41) is 3.05. The Labute approximate surface area is 172 Å². The standard InChI is InChI=1S/C21H20ClNO6/c22-15-3-1-4-16(12-15)23-20(25)13-29-21(26)8-6-17(24)14-5-7-18-19(11-14)28-10-2-9-27-18/h1,3-5,7,11-12H,2,6,8-10,13H2,(H,23,25). The maximum absolute atomic E-state index is 12.3. The van der Waals surface area contributed by atoms with E-state index < -0.39 is 18.5 Å². The molecule has 0 saturated carbocycles. The van der Waals surface area contributed by atoms with Crippen LogP contribution in [0.15, 0.2) is 42.5 Å². The molecule has 2 aromatic carbocycles. The highest BCUT2D eigenvalue weighted by Crippen LogP contribution is 2.30. The molecule has 0 unspecified atom stereocenters. The van der Waals surface area contributed by atoms with Crippen molar-refractivity contribution in [2.75, 3.05) is 25.1 Å². The second-order valence-electron chi connectivity index (χ2n) is 6.35. The molecule has 0 bridgehead atoms. The number of Topliss-reactive ketones (excluding diaryl/α,β-unsaturated/α-hetero) is 1. The predicted molar refractivity (Wildman–Crippen MR) is 107 cm³/mol. The van der Waals surface area contributed by atoms with E-state index in [2.05, 4.69) is 5.32 Å². The molecule has 0 saturated heterocycles. The van der Waals surface area contributed by atoms with Gasteiger partial charge in [0.2, 0.25) is 0 Å². The summed E-state index contributed by atoms with van der Waals surface area (Å²) in [6.07, 6.45) is 0.612. The highest BCUT2D eigenvalue weighted by molar-refractivity contribution is 6.30. The Bertz CT molecular complexity index is 914. The van der Waals surface area contributed by atoms with Gasteiger partial charge in [0.25, 0.3) is 5.91 Å². The molecular weight excluding hydrogens is 398 g/mol. The van der Waals surface area contributed by atoms with Gasteiger partial charge >= 0.3 is 5.97 Å². The Hall–Kier alpha value is -3.06. The number of hydrogen-bond donors (Lipinski definition) is 1. The number of amides is 1. The number of benzene rings is 2. The molecule has 0 atom stereocenters. The summed E-state index contributed by atoms with van der Waals surface area (Å²) in [6, 6.07) is 11.6. The van der Waals surface area contributed by atoms with Crippen LogP contribution in [0.25, 0.3) is 0 Å². The van der Waals surface area contributed by atoms with E-state index in [4.69, 9.17) is 25.8 Å². The molecule has 3 rings (SSSR count). The van der Waals surface area contributed by atoms with Crippen molar-refractivity contribution in [1.29, 1.82) is 0 Å². The highest BCUT2D eigenvalue weighted by atomic mass is 35.5. The van der Waals surface area contributed by atoms with Crippen molar-refractivity contribution >= 4 is 34.9 Å². The summed E-state index contributed by atoms with van der Waals surface area (Å²) in [4.78, 5) is 36.0. The SMILES string of the molecule is O=C(COC(=O)CCC(=O)c1ccc2c(c1)OCCCO2)Nc1cccc(Cl)c1. The molecule has 1 aliphatic rings. The predicted octanol–water partition coefficient (Wildman–Crippen LogP) is 3.65. The molecule has 0 radical (unpaired) electrons. The van der Waals surface area contributed by atoms with Crippen molar-refractivity contribution in [3.05, 3.63) is 53.1 Å². The fourth-order valence-electron chi connectivity index (χ4n) is 2.68. The molecule has 0 spiro atoms. The van der Waals surface area contributed by atoms with Gasteiger partial charge in [-0.05, 0) is 36.4 Å². The first kappa shape index (κ1) is 20.7. The van der Waals surface area contributed by atoms with Gasteiger partial charge in [-0.1, -0.05) is 17.7 Å². The molecule has 1 N–H and O–H groups in total. The Balaban J connectivity index is 1.43. The van der Waals surface area contributed by atoms with Crippen molar-refractivity contribution in [3.8, 4) is 11.5 Å². The zero-order valence-electron chi connectivity index (χ0n) is 15.6. The van der Waals surface area contributed by atoms with Crippen LogP contribution in [0.2, 0.25) is 5.02 Å². The van der Waals surface area contributed by atoms with Crippen LogP contribution in [0, 0.1) is 0 Å². The molecule has 7 nitrogen and oxygen atoms in total. The maximum Gasteiger partial charge on any atom is 0.306 e. The molecule has 0 aliphatic carbocycles. The number of ether oxygens (including phenoxy) is 3. The van der Waals surface area contributed by atoms with Crippen LogP contribution in [-0.4, -0.2) is 37.5 Å². The number of esters is 1. The number of rotatable bonds is 7. The Morgan fingerprint density at radius 2 is 1.79 bits per heavy atom. The zero-order chi connectivity index (χ0) is 20.6. The first-order chi connectivity index (χ1) is 14.0. The summed E-state index contributed by atoms with van der Waals surface area (Å²) in [6.45, 7) is 0.648. The van der Waals surface area contributed by atoms with Crippen LogP contribution in [0.4, 0.5) is 5.69 Å². The molecular formula is C21H20ClNO6. The minimum absolute atomic E-state index is 0.0333. The number of ketones is 1. The van der Waals surface area contributed by atoms with Crippen LogP contribution >= 0.6 is 11.6 Å². The number of nitrogens with one attached hydrogen (secondary N) is 1. The van der Waals surface area contributed by atoms with Gasteiger partial charge < -0.3 is 19.5 Å². The van der Waals surface area contributed by atoms with E-state index in [0.717, 1.165) is 6.42 Å². The van der Waals surface area contributed by atoms with Gasteiger partial charge in [0.15, 0.2) is 23.9 Å². The quantitative estimate of drug-likeness (QED) is 0.546. The zero-order valence-corrected chi connectivity index (χ0v) is 16.4. The lowest BCUT2D eigenvalue weighted by atomic mass is 10.1. The van der Waals surface area contributed by atoms with Gasteiger partial charge in [0.1, 0.15) is 0 Å². The van der Waals surface area contributed by atoms with E-state index in [0.29, 0.717) is 41.0 Å². The van der Waals surface area contributed by atoms with E-state index >= 15 is 0 Å². The molecule has 1 aliphatic heterocycles. The van der Waals surface area contributed by atoms with E-state index in [1.54, 1.807) is 42.5 Å². The monoisotopic (exact) mass is 417 g/mol. The summed E-state index contributed by atoms with van der Waals surface area (Å²) >= 11 is 5.84. The average Bonchev–Trinajstić information content (AvgIpc) is 2.95. The lowest BCUT2D eigenvalue weighted by Gasteiger charge is -2.09. The topological polar surface area (TPSA) is 90.9 Å². The second-order valence-corrected chi connectivity index (χ2v) is 6.79. The summed E-state index contributed by atoms with van der Waals surface area (Å²) in [7, 11) is 0. The molecule has 8 heteroatoms. The van der Waals surface area contributed by atoms with E-state index in [-0.39, 0.29) is 18.6 Å². The number of fused-ring (bicyclic) bond motifs is 1. The maximum atomic E-state index is 12.3. The van der Waals surface area contributed by atoms with E-state index in [1.165, 1.54) is 0 Å². The number of anilines is 1. The van der Waals surface area contributed by atoms with Gasteiger partial charge in [-0.2, -0.15) is 0 Å². The van der Waals surface area contributed by atoms with E-state index in [9.17, 15) is 14.4 Å². The fraction of sp³-hybridized carbons (Fsp3) is 0.286. The van der Waals surface area contributed by atoms with Crippen molar-refractivity contribution in [2.45, 2.75) is 19.3 Å². The third kappa shape index (κ3) is 6.22. The average molecular weight is 418 g/mol. The first-order valence-electron chi connectivity index (χ1n) is 9.15. The van der Waals surface area contributed by atoms with Crippen LogP contribution in [0.3, 0.4) is 0 Å². The summed E-state index contributed by atoms with van der Waals surface area (Å²) in [5.74, 6) is -0.220. The number of hydrogen-bond acceptors (Lipinski definition) is 6. The minimum Gasteiger partial charge on any atom is -0.490 e. The lowest BCUT2D eigenvalue weighted by molar-refractivity contribution is -0.147. The van der Waals surface area contributed by atoms with Gasteiger partial charge in [-0.25, -0.2) is 0 Å². The van der Waals surface area contributed by atoms with E-state index in [1.807, 2.05) is 0 Å². The summed E-state index contributed by atoms with van der Waals surface area (Å²) < 4.78 is 16.0. The largest absolute Gasteiger partial charge is 0.490 e. The second kappa shape index (κ2) is 9.93. The van der Waals surface area contributed by atoms with Gasteiger partial charge in [-0.15, -0.1) is 0 Å². The van der Waals surface area contributed by atoms with Gasteiger partial charge in [0, 0.05) is 29.1 Å². The first-order valence-corrected chi connectivity index (χ1v) is 9.53. The molecule has 1 amide bonds. The molecule has 0 fully saturated rings. The van der Waals surface area contributed by atoms with Crippen molar-refractivity contribution < 1.29 is 28.6 Å². The number of carbonyl (C=O) groups is 3.